The van der Waals surface area contributed by atoms with E-state index in [1.54, 1.807) is 17.0 Å². The molecule has 0 atom stereocenters. The summed E-state index contributed by atoms with van der Waals surface area (Å²) < 4.78 is 0. The van der Waals surface area contributed by atoms with Gasteiger partial charge in [0.25, 0.3) is 5.91 Å². The lowest BCUT2D eigenvalue weighted by Gasteiger charge is -2.33. The Kier molecular flexibility index (Phi) is 4.11. The lowest BCUT2D eigenvalue weighted by Crippen LogP contribution is -2.48. The Bertz CT molecular complexity index is 482. The Labute approximate surface area is 111 Å². The fraction of sp³-hybridized carbons (Fsp3) is 0.462. The van der Waals surface area contributed by atoms with Crippen molar-refractivity contribution in [2.24, 2.45) is 0 Å². The molecule has 1 aromatic heterocycles. The van der Waals surface area contributed by atoms with Crippen LogP contribution in [-0.4, -0.2) is 64.5 Å². The number of pyridine rings is 1. The lowest BCUT2D eigenvalue weighted by atomic mass is 10.2. The van der Waals surface area contributed by atoms with Crippen LogP contribution in [0.25, 0.3) is 0 Å². The molecule has 0 bridgehead atoms. The first kappa shape index (κ1) is 13.5. The fourth-order valence-corrected chi connectivity index (χ4v) is 2.10. The summed E-state index contributed by atoms with van der Waals surface area (Å²) in [6, 6.07) is 4.49. The number of carbonyl (C=O) groups excluding carboxylic acids is 1. The van der Waals surface area contributed by atoms with Crippen LogP contribution >= 0.6 is 0 Å². The lowest BCUT2D eigenvalue weighted by molar-refractivity contribution is 0.0636. The van der Waals surface area contributed by atoms with Crippen molar-refractivity contribution in [3.63, 3.8) is 0 Å². The molecule has 1 fully saturated rings. The molecule has 1 aliphatic rings. The monoisotopic (exact) mass is 263 g/mol. The number of piperazine rings is 1. The minimum absolute atomic E-state index is 0.0990. The van der Waals surface area contributed by atoms with E-state index in [0.717, 1.165) is 19.6 Å². The summed E-state index contributed by atoms with van der Waals surface area (Å²) >= 11 is 0. The van der Waals surface area contributed by atoms with Gasteiger partial charge in [-0.25, -0.2) is 9.78 Å². The van der Waals surface area contributed by atoms with Gasteiger partial charge >= 0.3 is 5.97 Å². The quantitative estimate of drug-likeness (QED) is 0.862. The molecular weight excluding hydrogens is 246 g/mol. The number of carboxylic acids is 1. The van der Waals surface area contributed by atoms with Gasteiger partial charge in [-0.3, -0.25) is 4.79 Å². The summed E-state index contributed by atoms with van der Waals surface area (Å²) in [4.78, 5) is 30.9. The largest absolute Gasteiger partial charge is 0.477 e. The molecule has 19 heavy (non-hydrogen) atoms. The number of amides is 1. The summed E-state index contributed by atoms with van der Waals surface area (Å²) in [5.74, 6) is -1.32. The van der Waals surface area contributed by atoms with Crippen LogP contribution in [0.4, 0.5) is 0 Å². The normalized spacial score (nSPS) is 16.4. The standard InChI is InChI=1S/C13H17N3O3/c1-2-15-6-8-16(9-7-15)12(17)10-4-3-5-11(14-10)13(18)19/h3-5H,2,6-9H2,1H3,(H,18,19). The zero-order chi connectivity index (χ0) is 13.8. The van der Waals surface area contributed by atoms with Crippen LogP contribution in [0.15, 0.2) is 18.2 Å². The van der Waals surface area contributed by atoms with Gasteiger partial charge in [0.2, 0.25) is 0 Å². The van der Waals surface area contributed by atoms with Crippen LogP contribution in [0.3, 0.4) is 0 Å². The van der Waals surface area contributed by atoms with Crippen molar-refractivity contribution in [1.82, 2.24) is 14.8 Å². The van der Waals surface area contributed by atoms with E-state index in [2.05, 4.69) is 16.8 Å². The Morgan fingerprint density at radius 3 is 2.42 bits per heavy atom. The van der Waals surface area contributed by atoms with Crippen LogP contribution in [0.1, 0.15) is 27.9 Å². The Balaban J connectivity index is 2.08. The number of aromatic carboxylic acids is 1. The van der Waals surface area contributed by atoms with Gasteiger partial charge in [-0.1, -0.05) is 13.0 Å². The number of hydrogen-bond acceptors (Lipinski definition) is 4. The predicted octanol–water partition coefficient (Wildman–Crippen LogP) is 0.558. The minimum atomic E-state index is -1.12. The van der Waals surface area contributed by atoms with Crippen LogP contribution in [0.2, 0.25) is 0 Å². The first-order chi connectivity index (χ1) is 9.11. The number of aromatic nitrogens is 1. The SMILES string of the molecule is CCN1CCN(C(=O)c2cccc(C(=O)O)n2)CC1. The molecule has 6 nitrogen and oxygen atoms in total. The summed E-state index contributed by atoms with van der Waals surface area (Å²) in [5, 5.41) is 8.87. The summed E-state index contributed by atoms with van der Waals surface area (Å²) in [6.45, 7) is 6.09. The Morgan fingerprint density at radius 1 is 1.21 bits per heavy atom. The maximum atomic E-state index is 12.2. The zero-order valence-electron chi connectivity index (χ0n) is 10.9. The highest BCUT2D eigenvalue weighted by Gasteiger charge is 2.22. The van der Waals surface area contributed by atoms with Gasteiger partial charge in [-0.15, -0.1) is 0 Å². The van der Waals surface area contributed by atoms with Gasteiger partial charge in [-0.05, 0) is 18.7 Å². The van der Waals surface area contributed by atoms with Crippen LogP contribution < -0.4 is 0 Å². The number of hydrogen-bond donors (Lipinski definition) is 1. The molecule has 1 aromatic rings. The van der Waals surface area contributed by atoms with Gasteiger partial charge in [0, 0.05) is 26.2 Å². The average molecular weight is 263 g/mol. The molecule has 6 heteroatoms. The van der Waals surface area contributed by atoms with Crippen LogP contribution in [-0.2, 0) is 0 Å². The highest BCUT2D eigenvalue weighted by atomic mass is 16.4. The maximum Gasteiger partial charge on any atom is 0.354 e. The van der Waals surface area contributed by atoms with Crippen molar-refractivity contribution >= 4 is 11.9 Å². The van der Waals surface area contributed by atoms with E-state index in [1.807, 2.05) is 0 Å². The van der Waals surface area contributed by atoms with Crippen molar-refractivity contribution < 1.29 is 14.7 Å². The number of rotatable bonds is 3. The van der Waals surface area contributed by atoms with Crippen molar-refractivity contribution in [2.75, 3.05) is 32.7 Å². The molecule has 102 valence electrons. The maximum absolute atomic E-state index is 12.2. The van der Waals surface area contributed by atoms with Crippen LogP contribution in [0.5, 0.6) is 0 Å². The van der Waals surface area contributed by atoms with E-state index in [1.165, 1.54) is 6.07 Å². The first-order valence-corrected chi connectivity index (χ1v) is 6.33. The molecule has 2 heterocycles. The van der Waals surface area contributed by atoms with Crippen molar-refractivity contribution in [2.45, 2.75) is 6.92 Å². The van der Waals surface area contributed by atoms with E-state index in [4.69, 9.17) is 5.11 Å². The van der Waals surface area contributed by atoms with E-state index in [0.29, 0.717) is 13.1 Å². The topological polar surface area (TPSA) is 73.7 Å². The van der Waals surface area contributed by atoms with Gasteiger partial charge in [0.1, 0.15) is 11.4 Å². The summed E-state index contributed by atoms with van der Waals surface area (Å²) in [5.41, 5.74) is 0.0999. The van der Waals surface area contributed by atoms with Crippen molar-refractivity contribution in [3.8, 4) is 0 Å². The molecule has 0 aromatic carbocycles. The summed E-state index contributed by atoms with van der Waals surface area (Å²) in [7, 11) is 0. The van der Waals surface area contributed by atoms with Crippen LogP contribution in [0, 0.1) is 0 Å². The highest BCUT2D eigenvalue weighted by molar-refractivity contribution is 5.94. The molecule has 0 spiro atoms. The number of likely N-dealkylation sites (N-methyl/N-ethyl adjacent to an activating group) is 1. The first-order valence-electron chi connectivity index (χ1n) is 6.33. The second-order valence-corrected chi connectivity index (χ2v) is 4.44. The third-order valence-electron chi connectivity index (χ3n) is 3.29. The zero-order valence-corrected chi connectivity index (χ0v) is 10.9. The third-order valence-corrected chi connectivity index (χ3v) is 3.29. The molecule has 0 unspecified atom stereocenters. The van der Waals surface area contributed by atoms with E-state index in [-0.39, 0.29) is 17.3 Å². The van der Waals surface area contributed by atoms with Gasteiger partial charge in [-0.2, -0.15) is 0 Å². The van der Waals surface area contributed by atoms with E-state index in [9.17, 15) is 9.59 Å². The number of carbonyl (C=O) groups is 2. The van der Waals surface area contributed by atoms with Gasteiger partial charge in [0.15, 0.2) is 0 Å². The molecule has 1 saturated heterocycles. The minimum Gasteiger partial charge on any atom is -0.477 e. The Hall–Kier alpha value is -1.95. The van der Waals surface area contributed by atoms with E-state index < -0.39 is 5.97 Å². The molecule has 0 saturated carbocycles. The van der Waals surface area contributed by atoms with Crippen molar-refractivity contribution in [3.05, 3.63) is 29.6 Å². The van der Waals surface area contributed by atoms with Crippen molar-refractivity contribution in [1.29, 1.82) is 0 Å². The van der Waals surface area contributed by atoms with Gasteiger partial charge in [0.05, 0.1) is 0 Å². The predicted molar refractivity (Wildman–Crippen MR) is 69.2 cm³/mol. The molecule has 0 radical (unpaired) electrons. The molecule has 1 aliphatic heterocycles. The Morgan fingerprint density at radius 2 is 1.84 bits per heavy atom. The van der Waals surface area contributed by atoms with Gasteiger partial charge < -0.3 is 14.9 Å². The average Bonchev–Trinajstić information content (AvgIpc) is 2.46. The molecule has 1 amide bonds. The number of nitrogens with zero attached hydrogens (tertiary/aromatic N) is 3. The second kappa shape index (κ2) is 5.79. The molecule has 0 aliphatic carbocycles. The highest BCUT2D eigenvalue weighted by Crippen LogP contribution is 2.08. The molecule has 1 N–H and O–H groups in total. The molecular formula is C13H17N3O3. The third kappa shape index (κ3) is 3.08. The number of carboxylic acid groups (broad SMARTS) is 1. The smallest absolute Gasteiger partial charge is 0.354 e. The second-order valence-electron chi connectivity index (χ2n) is 4.44. The molecule has 2 rings (SSSR count). The fourth-order valence-electron chi connectivity index (χ4n) is 2.10. The van der Waals surface area contributed by atoms with E-state index >= 15 is 0 Å². The summed E-state index contributed by atoms with van der Waals surface area (Å²) in [6.07, 6.45) is 0.